The summed E-state index contributed by atoms with van der Waals surface area (Å²) in [6, 6.07) is 5.35. The molecule has 0 spiro atoms. The van der Waals surface area contributed by atoms with Gasteiger partial charge in [-0.15, -0.1) is 0 Å². The minimum Gasteiger partial charge on any atom is -0.398 e. The maximum atomic E-state index is 13.6. The summed E-state index contributed by atoms with van der Waals surface area (Å²) in [5, 5.41) is 2.58. The number of hydrogen-bond acceptors (Lipinski definition) is 3. The topological polar surface area (TPSA) is 77.1 Å². The molecule has 0 aliphatic rings. The third kappa shape index (κ3) is 2.69. The summed E-state index contributed by atoms with van der Waals surface area (Å²) < 4.78 is 14.9. The van der Waals surface area contributed by atoms with Crippen molar-refractivity contribution in [2.45, 2.75) is 6.92 Å². The summed E-state index contributed by atoms with van der Waals surface area (Å²) in [6.07, 6.45) is 1.48. The summed E-state index contributed by atoms with van der Waals surface area (Å²) in [5.74, 6) is -1.02. The summed E-state index contributed by atoms with van der Waals surface area (Å²) in [7, 11) is 1.57. The first-order valence-electron chi connectivity index (χ1n) is 5.92. The van der Waals surface area contributed by atoms with Crippen molar-refractivity contribution in [2.24, 2.45) is 7.05 Å². The quantitative estimate of drug-likeness (QED) is 0.818. The fraction of sp³-hybridized carbons (Fsp3) is 0.143. The summed E-state index contributed by atoms with van der Waals surface area (Å²) in [5.41, 5.74) is 6.54. The zero-order valence-electron chi connectivity index (χ0n) is 11.1. The lowest BCUT2D eigenvalue weighted by Gasteiger charge is -2.09. The van der Waals surface area contributed by atoms with Crippen LogP contribution in [0.3, 0.4) is 0 Å². The van der Waals surface area contributed by atoms with E-state index in [0.29, 0.717) is 11.3 Å². The predicted molar refractivity (Wildman–Crippen MR) is 75.2 cm³/mol. The van der Waals surface area contributed by atoms with E-state index in [1.54, 1.807) is 14.0 Å². The number of nitrogen functional groups attached to an aromatic ring is 1. The van der Waals surface area contributed by atoms with Crippen molar-refractivity contribution in [1.82, 2.24) is 4.57 Å². The largest absolute Gasteiger partial charge is 0.398 e. The molecule has 6 heteroatoms. The van der Waals surface area contributed by atoms with E-state index >= 15 is 0 Å². The van der Waals surface area contributed by atoms with Gasteiger partial charge in [0.1, 0.15) is 5.82 Å². The van der Waals surface area contributed by atoms with E-state index in [9.17, 15) is 14.0 Å². The molecule has 1 heterocycles. The zero-order valence-corrected chi connectivity index (χ0v) is 11.1. The number of anilines is 2. The van der Waals surface area contributed by atoms with Gasteiger partial charge in [0.05, 0.1) is 5.69 Å². The smallest absolute Gasteiger partial charge is 0.255 e. The predicted octanol–water partition coefficient (Wildman–Crippen LogP) is 1.67. The van der Waals surface area contributed by atoms with Crippen LogP contribution in [0.5, 0.6) is 0 Å². The lowest BCUT2D eigenvalue weighted by atomic mass is 10.1. The number of rotatable bonds is 2. The number of aryl methyl sites for hydroxylation is 1. The first-order valence-corrected chi connectivity index (χ1v) is 5.92. The van der Waals surface area contributed by atoms with E-state index in [1.807, 2.05) is 0 Å². The van der Waals surface area contributed by atoms with Gasteiger partial charge in [-0.2, -0.15) is 0 Å². The van der Waals surface area contributed by atoms with Crippen LogP contribution in [-0.2, 0) is 7.05 Å². The number of carbonyl (C=O) groups is 1. The third-order valence-corrected chi connectivity index (χ3v) is 2.99. The molecule has 0 saturated carbocycles. The number of hydrogen-bond donors (Lipinski definition) is 2. The minimum atomic E-state index is -0.532. The number of nitrogens with one attached hydrogen (secondary N) is 1. The van der Waals surface area contributed by atoms with Crippen LogP contribution in [0.15, 0.2) is 35.3 Å². The van der Waals surface area contributed by atoms with Gasteiger partial charge >= 0.3 is 0 Å². The van der Waals surface area contributed by atoms with Crippen LogP contribution < -0.4 is 16.6 Å². The van der Waals surface area contributed by atoms with E-state index in [1.165, 1.54) is 29.0 Å². The highest BCUT2D eigenvalue weighted by atomic mass is 19.1. The van der Waals surface area contributed by atoms with Gasteiger partial charge in [-0.05, 0) is 25.1 Å². The Morgan fingerprint density at radius 1 is 1.35 bits per heavy atom. The molecule has 104 valence electrons. The van der Waals surface area contributed by atoms with Crippen LogP contribution >= 0.6 is 0 Å². The lowest BCUT2D eigenvalue weighted by Crippen LogP contribution is -2.18. The molecule has 5 nitrogen and oxygen atoms in total. The molecule has 1 amide bonds. The zero-order chi connectivity index (χ0) is 14.9. The monoisotopic (exact) mass is 275 g/mol. The summed E-state index contributed by atoms with van der Waals surface area (Å²) in [4.78, 5) is 23.2. The molecule has 1 aromatic heterocycles. The number of nitrogens with zero attached hydrogens (tertiary/aromatic N) is 1. The summed E-state index contributed by atoms with van der Waals surface area (Å²) >= 11 is 0. The molecule has 2 rings (SSSR count). The van der Waals surface area contributed by atoms with Crippen LogP contribution in [0.25, 0.3) is 0 Å². The van der Waals surface area contributed by atoms with E-state index < -0.39 is 11.7 Å². The van der Waals surface area contributed by atoms with E-state index in [0.717, 1.165) is 6.07 Å². The molecule has 0 bridgehead atoms. The van der Waals surface area contributed by atoms with Crippen molar-refractivity contribution >= 4 is 17.3 Å². The fourth-order valence-corrected chi connectivity index (χ4v) is 1.70. The molecule has 0 unspecified atom stereocenters. The second-order valence-corrected chi connectivity index (χ2v) is 4.49. The highest BCUT2D eigenvalue weighted by molar-refractivity contribution is 6.04. The van der Waals surface area contributed by atoms with Crippen molar-refractivity contribution in [3.63, 3.8) is 0 Å². The summed E-state index contributed by atoms with van der Waals surface area (Å²) in [6.45, 7) is 1.54. The van der Waals surface area contributed by atoms with Crippen molar-refractivity contribution in [3.8, 4) is 0 Å². The van der Waals surface area contributed by atoms with Gasteiger partial charge in [0.2, 0.25) is 5.56 Å². The Bertz CT molecular complexity index is 714. The van der Waals surface area contributed by atoms with Gasteiger partial charge in [0.15, 0.2) is 0 Å². The molecule has 0 fully saturated rings. The van der Waals surface area contributed by atoms with E-state index in [-0.39, 0.29) is 16.8 Å². The van der Waals surface area contributed by atoms with Gasteiger partial charge in [0.25, 0.3) is 5.91 Å². The number of carbonyl (C=O) groups excluding carboxylic acids is 1. The van der Waals surface area contributed by atoms with Crippen molar-refractivity contribution < 1.29 is 9.18 Å². The SMILES string of the molecule is Cc1c(N)cc(C(=O)Nc2ccc(=O)n(C)c2)cc1F. The average molecular weight is 275 g/mol. The Hall–Kier alpha value is -2.63. The Kier molecular flexibility index (Phi) is 3.56. The van der Waals surface area contributed by atoms with Gasteiger partial charge in [-0.1, -0.05) is 0 Å². The van der Waals surface area contributed by atoms with Crippen molar-refractivity contribution in [3.05, 3.63) is 57.8 Å². The van der Waals surface area contributed by atoms with Crippen LogP contribution in [0.4, 0.5) is 15.8 Å². The normalized spacial score (nSPS) is 10.3. The van der Waals surface area contributed by atoms with Crippen molar-refractivity contribution in [1.29, 1.82) is 0 Å². The number of benzene rings is 1. The molecular formula is C14H14FN3O2. The Balaban J connectivity index is 2.28. The molecule has 0 radical (unpaired) electrons. The second-order valence-electron chi connectivity index (χ2n) is 4.49. The molecule has 0 atom stereocenters. The highest BCUT2D eigenvalue weighted by Gasteiger charge is 2.11. The molecule has 2 aromatic rings. The number of pyridine rings is 1. The Morgan fingerprint density at radius 2 is 2.05 bits per heavy atom. The number of halogens is 1. The molecule has 20 heavy (non-hydrogen) atoms. The van der Waals surface area contributed by atoms with Crippen LogP contribution in [0, 0.1) is 12.7 Å². The standard InChI is InChI=1S/C14H14FN3O2/c1-8-11(15)5-9(6-12(8)16)14(20)17-10-3-4-13(19)18(2)7-10/h3-7H,16H2,1-2H3,(H,17,20). The van der Waals surface area contributed by atoms with Crippen LogP contribution in [0.1, 0.15) is 15.9 Å². The Morgan fingerprint density at radius 3 is 2.65 bits per heavy atom. The van der Waals surface area contributed by atoms with Gasteiger partial charge in [-0.25, -0.2) is 4.39 Å². The molecule has 0 aliphatic heterocycles. The maximum absolute atomic E-state index is 13.6. The Labute approximate surface area is 114 Å². The van der Waals surface area contributed by atoms with Crippen LogP contribution in [0.2, 0.25) is 0 Å². The van der Waals surface area contributed by atoms with E-state index in [2.05, 4.69) is 5.32 Å². The highest BCUT2D eigenvalue weighted by Crippen LogP contribution is 2.18. The molecule has 1 aromatic carbocycles. The lowest BCUT2D eigenvalue weighted by molar-refractivity contribution is 0.102. The average Bonchev–Trinajstić information content (AvgIpc) is 2.39. The minimum absolute atomic E-state index is 0.124. The maximum Gasteiger partial charge on any atom is 0.255 e. The molecule has 3 N–H and O–H groups in total. The number of nitrogens with two attached hydrogens (primary N) is 1. The number of aromatic nitrogens is 1. The van der Waals surface area contributed by atoms with E-state index in [4.69, 9.17) is 5.73 Å². The third-order valence-electron chi connectivity index (χ3n) is 2.99. The first-order chi connectivity index (χ1) is 9.38. The molecule has 0 aliphatic carbocycles. The fourth-order valence-electron chi connectivity index (χ4n) is 1.70. The van der Waals surface area contributed by atoms with Gasteiger partial charge in [-0.3, -0.25) is 9.59 Å². The van der Waals surface area contributed by atoms with Gasteiger partial charge < -0.3 is 15.6 Å². The van der Waals surface area contributed by atoms with Crippen molar-refractivity contribution in [2.75, 3.05) is 11.1 Å². The van der Waals surface area contributed by atoms with Gasteiger partial charge in [0, 0.05) is 36.1 Å². The first kappa shape index (κ1) is 13.8. The number of amides is 1. The van der Waals surface area contributed by atoms with Crippen LogP contribution in [-0.4, -0.2) is 10.5 Å². The second kappa shape index (κ2) is 5.16. The molecular weight excluding hydrogens is 261 g/mol. The molecule has 0 saturated heterocycles.